The molecule has 2 aromatic rings. The lowest BCUT2D eigenvalue weighted by Crippen LogP contribution is -2.45. The van der Waals surface area contributed by atoms with Crippen LogP contribution in [-0.4, -0.2) is 41.2 Å². The van der Waals surface area contributed by atoms with Crippen LogP contribution < -0.4 is 5.32 Å². The Bertz CT molecular complexity index is 672. The molecule has 0 saturated carbocycles. The average molecular weight is 318 g/mol. The van der Waals surface area contributed by atoms with Gasteiger partial charge in [0.2, 0.25) is 11.7 Å². The summed E-state index contributed by atoms with van der Waals surface area (Å²) in [5.74, 6) is 0.896. The lowest BCUT2D eigenvalue weighted by Gasteiger charge is -2.35. The summed E-state index contributed by atoms with van der Waals surface area (Å²) >= 11 is 0. The monoisotopic (exact) mass is 318 g/mol. The normalized spacial score (nSPS) is 20.6. The Hall–Kier alpha value is -1.79. The van der Waals surface area contributed by atoms with Crippen molar-refractivity contribution >= 4 is 0 Å². The number of halogens is 1. The molecular formula is C17H23FN4O. The number of likely N-dealkylation sites (N-methyl/N-ethyl adjacent to an activating group) is 1. The zero-order valence-corrected chi connectivity index (χ0v) is 13.8. The fourth-order valence-corrected chi connectivity index (χ4v) is 3.06. The van der Waals surface area contributed by atoms with Gasteiger partial charge in [0, 0.05) is 18.2 Å². The van der Waals surface area contributed by atoms with E-state index in [1.807, 2.05) is 7.05 Å². The molecule has 0 bridgehead atoms. The van der Waals surface area contributed by atoms with Gasteiger partial charge in [0.25, 0.3) is 0 Å². The number of piperidine rings is 1. The third-order valence-corrected chi connectivity index (χ3v) is 4.62. The molecule has 0 amide bonds. The number of nitrogens with zero attached hydrogens (tertiary/aromatic N) is 3. The molecule has 6 heteroatoms. The first-order valence-corrected chi connectivity index (χ1v) is 8.10. The van der Waals surface area contributed by atoms with Gasteiger partial charge in [-0.15, -0.1) is 0 Å². The second kappa shape index (κ2) is 6.76. The highest BCUT2D eigenvalue weighted by molar-refractivity contribution is 5.55. The van der Waals surface area contributed by atoms with Crippen LogP contribution in [0.5, 0.6) is 0 Å². The van der Waals surface area contributed by atoms with Gasteiger partial charge in [0.1, 0.15) is 5.82 Å². The molecule has 1 fully saturated rings. The number of aryl methyl sites for hydroxylation is 1. The van der Waals surface area contributed by atoms with Gasteiger partial charge in [-0.1, -0.05) is 5.16 Å². The fraction of sp³-hybridized carbons (Fsp3) is 0.529. The Morgan fingerprint density at radius 1 is 1.43 bits per heavy atom. The van der Waals surface area contributed by atoms with Crippen LogP contribution >= 0.6 is 0 Å². The van der Waals surface area contributed by atoms with E-state index in [1.165, 1.54) is 12.5 Å². The summed E-state index contributed by atoms with van der Waals surface area (Å²) < 4.78 is 18.8. The number of nitrogens with one attached hydrogen (secondary N) is 1. The van der Waals surface area contributed by atoms with E-state index >= 15 is 0 Å². The minimum absolute atomic E-state index is 0.0777. The van der Waals surface area contributed by atoms with Gasteiger partial charge in [0.05, 0.1) is 6.04 Å². The third kappa shape index (κ3) is 3.43. The van der Waals surface area contributed by atoms with E-state index in [4.69, 9.17) is 4.52 Å². The molecule has 124 valence electrons. The zero-order valence-electron chi connectivity index (χ0n) is 13.8. The molecule has 5 nitrogen and oxygen atoms in total. The van der Waals surface area contributed by atoms with E-state index in [-0.39, 0.29) is 11.9 Å². The van der Waals surface area contributed by atoms with E-state index < -0.39 is 0 Å². The summed E-state index contributed by atoms with van der Waals surface area (Å²) in [5.41, 5.74) is 1.35. The van der Waals surface area contributed by atoms with Crippen LogP contribution in [0.4, 0.5) is 4.39 Å². The minimum atomic E-state index is -0.225. The van der Waals surface area contributed by atoms with Crippen LogP contribution in [0.3, 0.4) is 0 Å². The molecule has 1 aromatic carbocycles. The highest BCUT2D eigenvalue weighted by atomic mass is 19.1. The van der Waals surface area contributed by atoms with Gasteiger partial charge in [0.15, 0.2) is 0 Å². The van der Waals surface area contributed by atoms with Gasteiger partial charge in [-0.2, -0.15) is 4.98 Å². The Balaban J connectivity index is 1.76. The standard InChI is InChI=1S/C17H23FN4O/c1-11-9-13(6-7-15(11)18)16-20-17(23-21-16)12(2)22-8-4-5-14(10-22)19-3/h6-7,9,12,14,19H,4-5,8,10H2,1-3H3. The van der Waals surface area contributed by atoms with E-state index in [2.05, 4.69) is 27.3 Å². The number of aromatic nitrogens is 2. The molecule has 1 saturated heterocycles. The van der Waals surface area contributed by atoms with Crippen molar-refractivity contribution in [2.75, 3.05) is 20.1 Å². The fourth-order valence-electron chi connectivity index (χ4n) is 3.06. The van der Waals surface area contributed by atoms with Crippen molar-refractivity contribution in [1.29, 1.82) is 0 Å². The van der Waals surface area contributed by atoms with Crippen LogP contribution in [0, 0.1) is 12.7 Å². The SMILES string of the molecule is CNC1CCCN(C(C)c2nc(-c3ccc(F)c(C)c3)no2)C1. The third-order valence-electron chi connectivity index (χ3n) is 4.62. The molecule has 23 heavy (non-hydrogen) atoms. The molecule has 1 aliphatic heterocycles. The summed E-state index contributed by atoms with van der Waals surface area (Å²) in [6.07, 6.45) is 2.36. The van der Waals surface area contributed by atoms with Crippen LogP contribution in [0.1, 0.15) is 37.3 Å². The predicted octanol–water partition coefficient (Wildman–Crippen LogP) is 2.93. The molecule has 0 radical (unpaired) electrons. The Labute approximate surface area is 135 Å². The number of likely N-dealkylation sites (tertiary alicyclic amines) is 1. The smallest absolute Gasteiger partial charge is 0.244 e. The molecule has 2 heterocycles. The number of rotatable bonds is 4. The maximum absolute atomic E-state index is 13.4. The molecule has 1 aliphatic rings. The van der Waals surface area contributed by atoms with Crippen molar-refractivity contribution < 1.29 is 8.91 Å². The highest BCUT2D eigenvalue weighted by Crippen LogP contribution is 2.26. The van der Waals surface area contributed by atoms with Crippen LogP contribution in [0.2, 0.25) is 0 Å². The van der Waals surface area contributed by atoms with Crippen LogP contribution in [-0.2, 0) is 0 Å². The summed E-state index contributed by atoms with van der Waals surface area (Å²) in [6, 6.07) is 5.44. The maximum Gasteiger partial charge on any atom is 0.244 e. The molecule has 2 atom stereocenters. The molecule has 3 rings (SSSR count). The first-order chi connectivity index (χ1) is 11.1. The lowest BCUT2D eigenvalue weighted by molar-refractivity contribution is 0.126. The number of hydrogen-bond donors (Lipinski definition) is 1. The first-order valence-electron chi connectivity index (χ1n) is 8.10. The lowest BCUT2D eigenvalue weighted by atomic mass is 10.0. The average Bonchev–Trinajstić information content (AvgIpc) is 3.06. The van der Waals surface area contributed by atoms with Gasteiger partial charge in [-0.25, -0.2) is 4.39 Å². The van der Waals surface area contributed by atoms with E-state index in [0.717, 1.165) is 25.1 Å². The van der Waals surface area contributed by atoms with Gasteiger partial charge < -0.3 is 9.84 Å². The van der Waals surface area contributed by atoms with Crippen molar-refractivity contribution in [1.82, 2.24) is 20.4 Å². The zero-order chi connectivity index (χ0) is 16.4. The molecule has 0 aliphatic carbocycles. The molecule has 0 spiro atoms. The van der Waals surface area contributed by atoms with E-state index in [1.54, 1.807) is 19.1 Å². The highest BCUT2D eigenvalue weighted by Gasteiger charge is 2.27. The second-order valence-corrected chi connectivity index (χ2v) is 6.22. The predicted molar refractivity (Wildman–Crippen MR) is 86.5 cm³/mol. The minimum Gasteiger partial charge on any atom is -0.337 e. The summed E-state index contributed by atoms with van der Waals surface area (Å²) in [4.78, 5) is 6.87. The topological polar surface area (TPSA) is 54.2 Å². The Morgan fingerprint density at radius 2 is 2.26 bits per heavy atom. The van der Waals surface area contributed by atoms with Crippen molar-refractivity contribution in [2.45, 2.75) is 38.8 Å². The van der Waals surface area contributed by atoms with Gasteiger partial charge in [-0.3, -0.25) is 4.90 Å². The maximum atomic E-state index is 13.4. The number of hydrogen-bond acceptors (Lipinski definition) is 5. The van der Waals surface area contributed by atoms with Crippen molar-refractivity contribution in [3.05, 3.63) is 35.5 Å². The molecule has 2 unspecified atom stereocenters. The van der Waals surface area contributed by atoms with Crippen LogP contribution in [0.25, 0.3) is 11.4 Å². The largest absolute Gasteiger partial charge is 0.337 e. The quantitative estimate of drug-likeness (QED) is 0.939. The Morgan fingerprint density at radius 3 is 3.00 bits per heavy atom. The van der Waals surface area contributed by atoms with Crippen molar-refractivity contribution in [2.24, 2.45) is 0 Å². The number of benzene rings is 1. The van der Waals surface area contributed by atoms with E-state index in [0.29, 0.717) is 23.3 Å². The summed E-state index contributed by atoms with van der Waals surface area (Å²) in [5, 5.41) is 7.40. The summed E-state index contributed by atoms with van der Waals surface area (Å²) in [7, 11) is 2.00. The van der Waals surface area contributed by atoms with Crippen LogP contribution in [0.15, 0.2) is 22.7 Å². The molecule has 1 N–H and O–H groups in total. The van der Waals surface area contributed by atoms with E-state index in [9.17, 15) is 4.39 Å². The first kappa shape index (κ1) is 16.1. The summed E-state index contributed by atoms with van der Waals surface area (Å²) in [6.45, 7) is 5.83. The van der Waals surface area contributed by atoms with Crippen molar-refractivity contribution in [3.63, 3.8) is 0 Å². The van der Waals surface area contributed by atoms with Gasteiger partial charge >= 0.3 is 0 Å². The molecule has 1 aromatic heterocycles. The Kier molecular flexibility index (Phi) is 4.73. The second-order valence-electron chi connectivity index (χ2n) is 6.22. The van der Waals surface area contributed by atoms with Gasteiger partial charge in [-0.05, 0) is 64.0 Å². The van der Waals surface area contributed by atoms with Crippen molar-refractivity contribution in [3.8, 4) is 11.4 Å². The molecular weight excluding hydrogens is 295 g/mol.